The van der Waals surface area contributed by atoms with Crippen molar-refractivity contribution in [2.75, 3.05) is 19.8 Å². The SMILES string of the molecule is CC(C)[Si](O)(C(C)C)C(C)C.CCO.CCO.CCO.[Ti]. The smallest absolute Gasteiger partial charge is 0.196 e. The van der Waals surface area contributed by atoms with Gasteiger partial charge in [-0.1, -0.05) is 41.5 Å². The number of hydrogen-bond donors (Lipinski definition) is 4. The first-order valence-electron chi connectivity index (χ1n) is 7.62. The molecule has 0 rings (SSSR count). The molecule has 0 aromatic rings. The van der Waals surface area contributed by atoms with Crippen LogP contribution in [0.25, 0.3) is 0 Å². The molecule has 4 nitrogen and oxygen atoms in total. The van der Waals surface area contributed by atoms with Crippen LogP contribution in [0, 0.1) is 0 Å². The molecular weight excluding hydrogens is 320 g/mol. The van der Waals surface area contributed by atoms with Crippen LogP contribution in [0.2, 0.25) is 16.6 Å². The summed E-state index contributed by atoms with van der Waals surface area (Å²) in [4.78, 5) is 10.4. The Morgan fingerprint density at radius 3 is 0.714 bits per heavy atom. The quantitative estimate of drug-likeness (QED) is 0.583. The van der Waals surface area contributed by atoms with Crippen LogP contribution in [0.5, 0.6) is 0 Å². The van der Waals surface area contributed by atoms with E-state index < -0.39 is 8.32 Å². The van der Waals surface area contributed by atoms with Gasteiger partial charge in [0, 0.05) is 41.5 Å². The van der Waals surface area contributed by atoms with E-state index in [2.05, 4.69) is 41.5 Å². The Morgan fingerprint density at radius 1 is 0.619 bits per heavy atom. The predicted molar refractivity (Wildman–Crippen MR) is 91.5 cm³/mol. The van der Waals surface area contributed by atoms with Crippen LogP contribution in [-0.4, -0.2) is 48.3 Å². The average Bonchev–Trinajstić information content (AvgIpc) is 2.30. The third kappa shape index (κ3) is 20.8. The molecule has 0 fully saturated rings. The van der Waals surface area contributed by atoms with E-state index in [0.717, 1.165) is 0 Å². The van der Waals surface area contributed by atoms with Crippen molar-refractivity contribution in [1.82, 2.24) is 0 Å². The fourth-order valence-corrected chi connectivity index (χ4v) is 6.00. The molecule has 132 valence electrons. The van der Waals surface area contributed by atoms with E-state index in [9.17, 15) is 4.80 Å². The van der Waals surface area contributed by atoms with Gasteiger partial charge in [0.15, 0.2) is 8.32 Å². The van der Waals surface area contributed by atoms with E-state index in [-0.39, 0.29) is 41.5 Å². The maximum atomic E-state index is 10.4. The van der Waals surface area contributed by atoms with Gasteiger partial charge in [-0.15, -0.1) is 0 Å². The molecule has 0 atom stereocenters. The second-order valence-corrected chi connectivity index (χ2v) is 10.5. The maximum Gasteiger partial charge on any atom is 0.196 e. The Morgan fingerprint density at radius 2 is 0.714 bits per heavy atom. The van der Waals surface area contributed by atoms with Crippen LogP contribution >= 0.6 is 0 Å². The van der Waals surface area contributed by atoms with Crippen LogP contribution in [0.4, 0.5) is 0 Å². The zero-order valence-electron chi connectivity index (χ0n) is 15.6. The van der Waals surface area contributed by atoms with E-state index in [1.807, 2.05) is 0 Å². The van der Waals surface area contributed by atoms with E-state index in [1.54, 1.807) is 20.8 Å². The number of aliphatic hydroxyl groups excluding tert-OH is 3. The zero-order chi connectivity index (χ0) is 17.4. The van der Waals surface area contributed by atoms with Gasteiger partial charge in [-0.05, 0) is 37.4 Å². The molecule has 0 aliphatic carbocycles. The van der Waals surface area contributed by atoms with Gasteiger partial charge in [0.05, 0.1) is 0 Å². The van der Waals surface area contributed by atoms with Gasteiger partial charge in [-0.2, -0.15) is 0 Å². The zero-order valence-corrected chi connectivity index (χ0v) is 18.2. The molecule has 0 amide bonds. The second kappa shape index (κ2) is 23.0. The Balaban J connectivity index is -0.0000000711. The largest absolute Gasteiger partial charge is 0.431 e. The van der Waals surface area contributed by atoms with Crippen molar-refractivity contribution in [2.45, 2.75) is 78.9 Å². The molecule has 0 bridgehead atoms. The van der Waals surface area contributed by atoms with Gasteiger partial charge < -0.3 is 20.1 Å². The minimum atomic E-state index is -1.98. The number of hydrogen-bond acceptors (Lipinski definition) is 4. The molecule has 4 N–H and O–H groups in total. The molecule has 0 radical (unpaired) electrons. The summed E-state index contributed by atoms with van der Waals surface area (Å²) < 4.78 is 0. The normalized spacial score (nSPS) is 9.71. The summed E-state index contributed by atoms with van der Waals surface area (Å²) in [6, 6.07) is 0. The number of aliphatic hydroxyl groups is 3. The minimum absolute atomic E-state index is 0. The molecule has 0 aliphatic heterocycles. The summed E-state index contributed by atoms with van der Waals surface area (Å²) in [6.45, 7) is 18.7. The van der Waals surface area contributed by atoms with Crippen LogP contribution in [0.1, 0.15) is 62.3 Å². The van der Waals surface area contributed by atoms with E-state index in [0.29, 0.717) is 16.6 Å². The summed E-state index contributed by atoms with van der Waals surface area (Å²) in [6.07, 6.45) is 0. The number of rotatable bonds is 3. The van der Waals surface area contributed by atoms with Crippen molar-refractivity contribution in [3.8, 4) is 0 Å². The minimum Gasteiger partial charge on any atom is -0.431 e. The topological polar surface area (TPSA) is 80.9 Å². The average molecular weight is 360 g/mol. The van der Waals surface area contributed by atoms with E-state index in [4.69, 9.17) is 15.3 Å². The molecule has 0 aliphatic rings. The maximum absolute atomic E-state index is 10.4. The van der Waals surface area contributed by atoms with Crippen LogP contribution in [-0.2, 0) is 21.7 Å². The fraction of sp³-hybridized carbons (Fsp3) is 1.00. The van der Waals surface area contributed by atoms with E-state index in [1.165, 1.54) is 0 Å². The monoisotopic (exact) mass is 360 g/mol. The molecule has 0 spiro atoms. The first-order chi connectivity index (χ1) is 9.07. The molecule has 0 aromatic carbocycles. The first-order valence-corrected chi connectivity index (χ1v) is 9.80. The molecular formula is C15H40O4SiTi. The van der Waals surface area contributed by atoms with Crippen molar-refractivity contribution in [3.05, 3.63) is 0 Å². The summed E-state index contributed by atoms with van der Waals surface area (Å²) in [5.41, 5.74) is 1.42. The van der Waals surface area contributed by atoms with Gasteiger partial charge in [-0.25, -0.2) is 0 Å². The molecule has 21 heavy (non-hydrogen) atoms. The molecule has 0 aromatic heterocycles. The fourth-order valence-electron chi connectivity index (χ4n) is 2.00. The van der Waals surface area contributed by atoms with E-state index >= 15 is 0 Å². The van der Waals surface area contributed by atoms with Crippen LogP contribution in [0.3, 0.4) is 0 Å². The summed E-state index contributed by atoms with van der Waals surface area (Å²) in [7, 11) is -1.98. The van der Waals surface area contributed by atoms with Gasteiger partial charge in [0.2, 0.25) is 0 Å². The van der Waals surface area contributed by atoms with Crippen molar-refractivity contribution in [1.29, 1.82) is 0 Å². The molecule has 0 heterocycles. The molecule has 0 saturated heterocycles. The van der Waals surface area contributed by atoms with Gasteiger partial charge >= 0.3 is 0 Å². The van der Waals surface area contributed by atoms with Crippen LogP contribution in [0.15, 0.2) is 0 Å². The van der Waals surface area contributed by atoms with Gasteiger partial charge in [-0.3, -0.25) is 0 Å². The van der Waals surface area contributed by atoms with Crippen LogP contribution < -0.4 is 0 Å². The standard InChI is InChI=1S/C9H22OSi.3C2H6O.Ti/c1-7(2)11(10,8(3)4)9(5)6;3*1-2-3;/h7-10H,1-6H3;3*3H,2H2,1H3;. The summed E-state index contributed by atoms with van der Waals surface area (Å²) in [5.74, 6) is 0. The van der Waals surface area contributed by atoms with Crippen molar-refractivity contribution < 1.29 is 41.8 Å². The van der Waals surface area contributed by atoms with Gasteiger partial charge in [0.25, 0.3) is 0 Å². The van der Waals surface area contributed by atoms with Crippen molar-refractivity contribution in [2.24, 2.45) is 0 Å². The Labute approximate surface area is 149 Å². The summed E-state index contributed by atoms with van der Waals surface area (Å²) in [5, 5.41) is 22.7. The molecule has 0 unspecified atom stereocenters. The second-order valence-electron chi connectivity index (χ2n) is 5.30. The Hall–Kier alpha value is 0.771. The van der Waals surface area contributed by atoms with Gasteiger partial charge in [0.1, 0.15) is 0 Å². The molecule has 6 heteroatoms. The summed E-state index contributed by atoms with van der Waals surface area (Å²) >= 11 is 0. The Bertz CT molecular complexity index is 141. The Kier molecular flexibility index (Phi) is 36.6. The third-order valence-electron chi connectivity index (χ3n) is 2.77. The van der Waals surface area contributed by atoms with Crippen molar-refractivity contribution in [3.63, 3.8) is 0 Å². The first kappa shape index (κ1) is 33.4. The van der Waals surface area contributed by atoms with Crippen molar-refractivity contribution >= 4 is 8.32 Å². The molecule has 0 saturated carbocycles. The third-order valence-corrected chi connectivity index (χ3v) is 8.32. The predicted octanol–water partition coefficient (Wildman–Crippen LogP) is 3.15.